The minimum Gasteiger partial charge on any atom is -0.494 e. The van der Waals surface area contributed by atoms with Gasteiger partial charge in [-0.05, 0) is 51.6 Å². The van der Waals surface area contributed by atoms with Gasteiger partial charge in [-0.3, -0.25) is 4.90 Å². The molecule has 0 saturated heterocycles. The maximum absolute atomic E-state index is 12.7. The van der Waals surface area contributed by atoms with Gasteiger partial charge < -0.3 is 10.1 Å². The minimum absolute atomic E-state index is 0.106. The highest BCUT2D eigenvalue weighted by Crippen LogP contribution is 2.30. The van der Waals surface area contributed by atoms with Gasteiger partial charge in [0, 0.05) is 12.2 Å². The number of hydrogen-bond donors (Lipinski definition) is 2. The van der Waals surface area contributed by atoms with E-state index in [-0.39, 0.29) is 10.2 Å². The van der Waals surface area contributed by atoms with E-state index < -0.39 is 10.0 Å². The fraction of sp³-hybridized carbons (Fsp3) is 0.474. The van der Waals surface area contributed by atoms with Gasteiger partial charge in [-0.15, -0.1) is 0 Å². The molecule has 29 heavy (non-hydrogen) atoms. The van der Waals surface area contributed by atoms with E-state index in [1.165, 1.54) is 11.9 Å². The number of sulfonamides is 1. The standard InChI is InChI=1S/C17H24N4O4S2.C2H6/c1-5-11-21(17-19-12(3)15(26-17)27(23,24)18-4)16(22)20-13-7-9-14(10-8-13)25-6-2;1-2/h7-10,18H,5-6,11H2,1-4H3,(H,20,22);1-2H3. The zero-order chi connectivity index (χ0) is 22.0. The van der Waals surface area contributed by atoms with Gasteiger partial charge in [-0.1, -0.05) is 32.1 Å². The number of nitrogens with one attached hydrogen (secondary N) is 2. The summed E-state index contributed by atoms with van der Waals surface area (Å²) < 4.78 is 32.0. The van der Waals surface area contributed by atoms with Crippen molar-refractivity contribution in [2.45, 2.75) is 45.2 Å². The summed E-state index contributed by atoms with van der Waals surface area (Å²) in [4.78, 5) is 18.5. The Hall–Kier alpha value is -2.17. The first kappa shape index (κ1) is 24.9. The van der Waals surface area contributed by atoms with Crippen molar-refractivity contribution in [2.75, 3.05) is 30.4 Å². The molecule has 0 unspecified atom stereocenters. The number of ether oxygens (including phenoxy) is 1. The van der Waals surface area contributed by atoms with Crippen molar-refractivity contribution in [3.63, 3.8) is 0 Å². The second-order valence-corrected chi connectivity index (χ2v) is 8.68. The lowest BCUT2D eigenvalue weighted by Crippen LogP contribution is -2.35. The molecule has 2 N–H and O–H groups in total. The average Bonchev–Trinajstić information content (AvgIpc) is 3.11. The monoisotopic (exact) mass is 442 g/mol. The second-order valence-electron chi connectivity index (χ2n) is 5.62. The average molecular weight is 443 g/mol. The molecule has 2 aromatic rings. The van der Waals surface area contributed by atoms with Gasteiger partial charge in [0.1, 0.15) is 5.75 Å². The molecule has 1 heterocycles. The van der Waals surface area contributed by atoms with Gasteiger partial charge in [0.15, 0.2) is 9.34 Å². The summed E-state index contributed by atoms with van der Waals surface area (Å²) in [6, 6.07) is 6.67. The smallest absolute Gasteiger partial charge is 0.328 e. The lowest BCUT2D eigenvalue weighted by Gasteiger charge is -2.19. The predicted octanol–water partition coefficient (Wildman–Crippen LogP) is 4.23. The number of thiazole rings is 1. The molecule has 0 aliphatic heterocycles. The number of aryl methyl sites for hydroxylation is 1. The Morgan fingerprint density at radius 2 is 1.83 bits per heavy atom. The molecule has 2 rings (SSSR count). The van der Waals surface area contributed by atoms with Crippen LogP contribution in [0.4, 0.5) is 15.6 Å². The van der Waals surface area contributed by atoms with Crippen LogP contribution in [0.1, 0.15) is 39.8 Å². The molecule has 10 heteroatoms. The van der Waals surface area contributed by atoms with Gasteiger partial charge in [0.2, 0.25) is 0 Å². The molecule has 0 spiro atoms. The minimum atomic E-state index is -3.62. The summed E-state index contributed by atoms with van der Waals surface area (Å²) in [5.41, 5.74) is 0.972. The molecule has 0 atom stereocenters. The number of anilines is 2. The van der Waals surface area contributed by atoms with E-state index in [1.807, 2.05) is 27.7 Å². The number of aromatic nitrogens is 1. The van der Waals surface area contributed by atoms with Crippen molar-refractivity contribution < 1.29 is 17.9 Å². The number of urea groups is 1. The van der Waals surface area contributed by atoms with Crippen LogP contribution in [0.2, 0.25) is 0 Å². The van der Waals surface area contributed by atoms with Gasteiger partial charge in [0.25, 0.3) is 10.0 Å². The Balaban J connectivity index is 0.00000204. The molecule has 162 valence electrons. The molecule has 0 radical (unpaired) electrons. The number of hydrogen-bond acceptors (Lipinski definition) is 6. The van der Waals surface area contributed by atoms with Gasteiger partial charge in [0.05, 0.1) is 12.3 Å². The Bertz CT molecular complexity index is 880. The van der Waals surface area contributed by atoms with E-state index >= 15 is 0 Å². The topological polar surface area (TPSA) is 101 Å². The predicted molar refractivity (Wildman–Crippen MR) is 119 cm³/mol. The highest BCUT2D eigenvalue weighted by Gasteiger charge is 2.25. The van der Waals surface area contributed by atoms with Crippen LogP contribution in [-0.4, -0.2) is 39.6 Å². The zero-order valence-corrected chi connectivity index (χ0v) is 19.4. The molecule has 0 bridgehead atoms. The summed E-state index contributed by atoms with van der Waals surface area (Å²) in [6.45, 7) is 10.4. The van der Waals surface area contributed by atoms with Crippen LogP contribution in [0, 0.1) is 6.92 Å². The lowest BCUT2D eigenvalue weighted by molar-refractivity contribution is 0.257. The van der Waals surface area contributed by atoms with Crippen molar-refractivity contribution in [3.8, 4) is 5.75 Å². The van der Waals surface area contributed by atoms with E-state index in [0.29, 0.717) is 36.1 Å². The molecule has 1 aromatic heterocycles. The largest absolute Gasteiger partial charge is 0.494 e. The molecule has 0 aliphatic rings. The quantitative estimate of drug-likeness (QED) is 0.637. The van der Waals surface area contributed by atoms with E-state index in [1.54, 1.807) is 31.2 Å². The third-order valence-corrected chi connectivity index (χ3v) is 6.80. The SMILES string of the molecule is CC.CCCN(C(=O)Nc1ccc(OCC)cc1)c1nc(C)c(S(=O)(=O)NC)s1. The van der Waals surface area contributed by atoms with E-state index in [2.05, 4.69) is 15.0 Å². The number of carbonyl (C=O) groups is 1. The Labute approximate surface area is 177 Å². The van der Waals surface area contributed by atoms with Crippen LogP contribution < -0.4 is 19.7 Å². The highest BCUT2D eigenvalue weighted by molar-refractivity contribution is 7.91. The van der Waals surface area contributed by atoms with Crippen molar-refractivity contribution in [2.24, 2.45) is 0 Å². The number of rotatable bonds is 8. The van der Waals surface area contributed by atoms with Crippen molar-refractivity contribution in [3.05, 3.63) is 30.0 Å². The third-order valence-electron chi connectivity index (χ3n) is 3.60. The van der Waals surface area contributed by atoms with Crippen LogP contribution in [-0.2, 0) is 10.0 Å². The number of amides is 2. The number of benzene rings is 1. The first-order chi connectivity index (χ1) is 13.8. The molecule has 8 nitrogen and oxygen atoms in total. The summed E-state index contributed by atoms with van der Waals surface area (Å²) in [7, 11) is -2.27. The molecular weight excluding hydrogens is 412 g/mol. The van der Waals surface area contributed by atoms with Crippen molar-refractivity contribution in [1.82, 2.24) is 9.71 Å². The molecule has 2 amide bonds. The third kappa shape index (κ3) is 6.69. The van der Waals surface area contributed by atoms with Crippen LogP contribution in [0.3, 0.4) is 0 Å². The first-order valence-corrected chi connectivity index (χ1v) is 11.8. The van der Waals surface area contributed by atoms with Crippen LogP contribution in [0.25, 0.3) is 0 Å². The zero-order valence-electron chi connectivity index (χ0n) is 17.8. The van der Waals surface area contributed by atoms with Gasteiger partial charge in [-0.25, -0.2) is 22.9 Å². The normalized spacial score (nSPS) is 10.7. The fourth-order valence-electron chi connectivity index (χ4n) is 2.33. The maximum atomic E-state index is 12.7. The summed E-state index contributed by atoms with van der Waals surface area (Å²) in [5, 5.41) is 3.15. The molecule has 0 fully saturated rings. The Morgan fingerprint density at radius 3 is 2.34 bits per heavy atom. The Morgan fingerprint density at radius 1 is 1.21 bits per heavy atom. The second kappa shape index (κ2) is 11.7. The molecular formula is C19H30N4O4S2. The van der Waals surface area contributed by atoms with Gasteiger partial charge >= 0.3 is 6.03 Å². The van der Waals surface area contributed by atoms with E-state index in [4.69, 9.17) is 4.74 Å². The molecule has 0 saturated carbocycles. The maximum Gasteiger partial charge on any atom is 0.328 e. The summed E-state index contributed by atoms with van der Waals surface area (Å²) >= 11 is 0.971. The van der Waals surface area contributed by atoms with E-state index in [0.717, 1.165) is 17.1 Å². The van der Waals surface area contributed by atoms with Crippen molar-refractivity contribution >= 4 is 38.2 Å². The lowest BCUT2D eigenvalue weighted by atomic mass is 10.3. The number of nitrogens with zero attached hydrogens (tertiary/aromatic N) is 2. The van der Waals surface area contributed by atoms with E-state index in [9.17, 15) is 13.2 Å². The molecule has 0 aliphatic carbocycles. The first-order valence-electron chi connectivity index (χ1n) is 9.54. The van der Waals surface area contributed by atoms with Crippen LogP contribution in [0.5, 0.6) is 5.75 Å². The van der Waals surface area contributed by atoms with Crippen molar-refractivity contribution in [1.29, 1.82) is 0 Å². The molecule has 1 aromatic carbocycles. The van der Waals surface area contributed by atoms with Crippen LogP contribution >= 0.6 is 11.3 Å². The van der Waals surface area contributed by atoms with Gasteiger partial charge in [-0.2, -0.15) is 0 Å². The number of carbonyl (C=O) groups excluding carboxylic acids is 1. The summed E-state index contributed by atoms with van der Waals surface area (Å²) in [5.74, 6) is 0.721. The van der Waals surface area contributed by atoms with Crippen LogP contribution in [0.15, 0.2) is 28.5 Å². The highest BCUT2D eigenvalue weighted by atomic mass is 32.2. The fourth-order valence-corrected chi connectivity index (χ4v) is 4.68. The Kier molecular flexibility index (Phi) is 10.1. The summed E-state index contributed by atoms with van der Waals surface area (Å²) in [6.07, 6.45) is 0.698.